The van der Waals surface area contributed by atoms with Crippen LogP contribution in [-0.2, 0) is 4.79 Å². The zero-order valence-corrected chi connectivity index (χ0v) is 27.3. The molecule has 0 aliphatic rings. The van der Waals surface area contributed by atoms with Gasteiger partial charge in [0.05, 0.1) is 18.8 Å². The number of nitrogens with one attached hydrogen (secondary N) is 1. The summed E-state index contributed by atoms with van der Waals surface area (Å²) in [4.78, 5) is 12.3. The second-order valence-corrected chi connectivity index (χ2v) is 11.9. The highest BCUT2D eigenvalue weighted by Gasteiger charge is 2.17. The third-order valence-corrected chi connectivity index (χ3v) is 7.85. The molecule has 0 fully saturated rings. The number of amides is 1. The van der Waals surface area contributed by atoms with Crippen molar-refractivity contribution < 1.29 is 15.0 Å². The molecule has 1 amide bonds. The Morgan fingerprint density at radius 3 is 1.56 bits per heavy atom. The number of unbranched alkanes of at least 4 members (excludes halogenated alkanes) is 20. The van der Waals surface area contributed by atoms with Crippen molar-refractivity contribution in [1.29, 1.82) is 0 Å². The van der Waals surface area contributed by atoms with E-state index in [0.29, 0.717) is 6.42 Å². The predicted molar refractivity (Wildman–Crippen MR) is 179 cm³/mol. The maximum Gasteiger partial charge on any atom is 0.220 e. The molecule has 0 bridgehead atoms. The van der Waals surface area contributed by atoms with Crippen molar-refractivity contribution in [2.45, 2.75) is 187 Å². The van der Waals surface area contributed by atoms with Gasteiger partial charge in [0.2, 0.25) is 5.91 Å². The minimum Gasteiger partial charge on any atom is -0.394 e. The van der Waals surface area contributed by atoms with Crippen molar-refractivity contribution >= 4 is 5.91 Å². The van der Waals surface area contributed by atoms with Gasteiger partial charge in [-0.2, -0.15) is 0 Å². The molecule has 41 heavy (non-hydrogen) atoms. The van der Waals surface area contributed by atoms with Gasteiger partial charge in [-0.3, -0.25) is 4.79 Å². The summed E-state index contributed by atoms with van der Waals surface area (Å²) in [6, 6.07) is -0.626. The molecule has 3 N–H and O–H groups in total. The van der Waals surface area contributed by atoms with E-state index in [2.05, 4.69) is 43.5 Å². The Kier molecular flexibility index (Phi) is 32.0. The number of hydrogen-bond donors (Lipinski definition) is 3. The van der Waals surface area contributed by atoms with Gasteiger partial charge in [0, 0.05) is 6.42 Å². The third-order valence-electron chi connectivity index (χ3n) is 7.85. The van der Waals surface area contributed by atoms with Crippen LogP contribution in [0.3, 0.4) is 0 Å². The summed E-state index contributed by atoms with van der Waals surface area (Å²) >= 11 is 0. The van der Waals surface area contributed by atoms with E-state index in [-0.39, 0.29) is 12.5 Å². The lowest BCUT2D eigenvalue weighted by Gasteiger charge is -2.20. The summed E-state index contributed by atoms with van der Waals surface area (Å²) < 4.78 is 0. The number of allylic oxidation sites excluding steroid dienone is 5. The third kappa shape index (κ3) is 29.9. The average molecular weight is 576 g/mol. The largest absolute Gasteiger partial charge is 0.394 e. The Hall–Kier alpha value is -1.39. The van der Waals surface area contributed by atoms with Gasteiger partial charge < -0.3 is 15.5 Å². The fourth-order valence-corrected chi connectivity index (χ4v) is 5.10. The minimum absolute atomic E-state index is 0.0810. The van der Waals surface area contributed by atoms with Crippen molar-refractivity contribution in [1.82, 2.24) is 5.32 Å². The Morgan fingerprint density at radius 2 is 1.05 bits per heavy atom. The lowest BCUT2D eigenvalue weighted by molar-refractivity contribution is -0.123. The molecular formula is C37H69NO3. The molecule has 4 nitrogen and oxygen atoms in total. The number of rotatable bonds is 31. The van der Waals surface area contributed by atoms with E-state index < -0.39 is 12.1 Å². The monoisotopic (exact) mass is 576 g/mol. The van der Waals surface area contributed by atoms with E-state index in [0.717, 1.165) is 44.9 Å². The van der Waals surface area contributed by atoms with Gasteiger partial charge >= 0.3 is 0 Å². The molecule has 0 aliphatic heterocycles. The number of aliphatic hydroxyl groups is 2. The molecule has 0 radical (unpaired) electrons. The van der Waals surface area contributed by atoms with Crippen LogP contribution in [-0.4, -0.2) is 34.9 Å². The topological polar surface area (TPSA) is 69.6 Å². The maximum absolute atomic E-state index is 12.3. The van der Waals surface area contributed by atoms with Gasteiger partial charge in [0.15, 0.2) is 0 Å². The zero-order valence-electron chi connectivity index (χ0n) is 27.3. The lowest BCUT2D eigenvalue weighted by Crippen LogP contribution is -2.45. The molecule has 4 heteroatoms. The van der Waals surface area contributed by atoms with Crippen molar-refractivity contribution in [3.63, 3.8) is 0 Å². The highest BCUT2D eigenvalue weighted by Crippen LogP contribution is 2.14. The fraction of sp³-hybridized carbons (Fsp3) is 0.811. The summed E-state index contributed by atoms with van der Waals surface area (Å²) in [5.41, 5.74) is 0. The number of carbonyl (C=O) groups is 1. The summed E-state index contributed by atoms with van der Waals surface area (Å²) in [6.45, 7) is 4.22. The van der Waals surface area contributed by atoms with E-state index in [9.17, 15) is 15.0 Å². The van der Waals surface area contributed by atoms with E-state index in [1.165, 1.54) is 109 Å². The SMILES string of the molecule is CCC/C=C\C/C=C\CCCCCCCC(=O)NC(CO)C(O)/C=C/CCCCCCCCCCCCCCCC. The molecule has 2 unspecified atom stereocenters. The first-order valence-electron chi connectivity index (χ1n) is 17.7. The van der Waals surface area contributed by atoms with E-state index in [1.54, 1.807) is 6.08 Å². The Balaban J connectivity index is 3.66. The van der Waals surface area contributed by atoms with Crippen molar-refractivity contribution in [2.75, 3.05) is 6.61 Å². The molecule has 0 saturated carbocycles. The molecule has 0 aliphatic carbocycles. The van der Waals surface area contributed by atoms with E-state index in [1.807, 2.05) is 6.08 Å². The highest BCUT2D eigenvalue weighted by molar-refractivity contribution is 5.76. The quantitative estimate of drug-likeness (QED) is 0.0569. The standard InChI is InChI=1S/C37H69NO3/c1-3-5-7-9-11-13-15-17-18-19-21-22-24-26-28-30-32-36(40)35(34-39)38-37(41)33-31-29-27-25-23-20-16-14-12-10-8-6-4-2/h8,10,14,16,30,32,35-36,39-40H,3-7,9,11-13,15,17-29,31,33-34H2,1-2H3,(H,38,41)/b10-8-,16-14-,32-30+. The number of carbonyl (C=O) groups excluding carboxylic acids is 1. The summed E-state index contributed by atoms with van der Waals surface area (Å²) in [5, 5.41) is 22.8. The maximum atomic E-state index is 12.3. The van der Waals surface area contributed by atoms with Crippen LogP contribution in [0.15, 0.2) is 36.5 Å². The van der Waals surface area contributed by atoms with E-state index in [4.69, 9.17) is 0 Å². The van der Waals surface area contributed by atoms with Crippen LogP contribution in [0.2, 0.25) is 0 Å². The Bertz CT molecular complexity index is 628. The molecule has 0 aromatic heterocycles. The first-order chi connectivity index (χ1) is 20.2. The zero-order chi connectivity index (χ0) is 30.1. The average Bonchev–Trinajstić information content (AvgIpc) is 2.97. The molecule has 0 rings (SSSR count). The van der Waals surface area contributed by atoms with Crippen LogP contribution in [0.1, 0.15) is 174 Å². The van der Waals surface area contributed by atoms with Crippen LogP contribution in [0.4, 0.5) is 0 Å². The van der Waals surface area contributed by atoms with Gasteiger partial charge in [-0.05, 0) is 44.9 Å². The lowest BCUT2D eigenvalue weighted by atomic mass is 10.0. The van der Waals surface area contributed by atoms with Crippen LogP contribution in [0, 0.1) is 0 Å². The first-order valence-corrected chi connectivity index (χ1v) is 17.7. The fourth-order valence-electron chi connectivity index (χ4n) is 5.10. The highest BCUT2D eigenvalue weighted by atomic mass is 16.3. The molecular weight excluding hydrogens is 506 g/mol. The van der Waals surface area contributed by atoms with Gasteiger partial charge in [-0.15, -0.1) is 0 Å². The molecule has 2 atom stereocenters. The van der Waals surface area contributed by atoms with Crippen LogP contribution in [0.25, 0.3) is 0 Å². The van der Waals surface area contributed by atoms with Gasteiger partial charge in [-0.1, -0.05) is 159 Å². The number of hydrogen-bond acceptors (Lipinski definition) is 3. The summed E-state index contributed by atoms with van der Waals surface area (Å²) in [6.07, 6.45) is 42.2. The second-order valence-electron chi connectivity index (χ2n) is 11.9. The Morgan fingerprint density at radius 1 is 0.585 bits per heavy atom. The normalized spacial score (nSPS) is 13.6. The van der Waals surface area contributed by atoms with E-state index >= 15 is 0 Å². The smallest absolute Gasteiger partial charge is 0.220 e. The predicted octanol–water partition coefficient (Wildman–Crippen LogP) is 10.3. The van der Waals surface area contributed by atoms with Gasteiger partial charge in [0.25, 0.3) is 0 Å². The van der Waals surface area contributed by atoms with Crippen LogP contribution < -0.4 is 5.32 Å². The molecule has 0 aromatic rings. The van der Waals surface area contributed by atoms with Gasteiger partial charge in [0.1, 0.15) is 0 Å². The minimum atomic E-state index is -0.842. The van der Waals surface area contributed by atoms with Crippen LogP contribution in [0.5, 0.6) is 0 Å². The number of aliphatic hydroxyl groups excluding tert-OH is 2. The van der Waals surface area contributed by atoms with Crippen molar-refractivity contribution in [3.8, 4) is 0 Å². The second kappa shape index (κ2) is 33.1. The van der Waals surface area contributed by atoms with Crippen molar-refractivity contribution in [2.24, 2.45) is 0 Å². The summed E-state index contributed by atoms with van der Waals surface area (Å²) in [7, 11) is 0. The first kappa shape index (κ1) is 39.6. The molecule has 0 saturated heterocycles. The van der Waals surface area contributed by atoms with Gasteiger partial charge in [-0.25, -0.2) is 0 Å². The molecule has 0 aromatic carbocycles. The Labute approximate surface area is 255 Å². The van der Waals surface area contributed by atoms with Crippen molar-refractivity contribution in [3.05, 3.63) is 36.5 Å². The van der Waals surface area contributed by atoms with Crippen LogP contribution >= 0.6 is 0 Å². The summed E-state index contributed by atoms with van der Waals surface area (Å²) in [5.74, 6) is -0.0810. The molecule has 240 valence electrons. The molecule has 0 heterocycles. The molecule has 0 spiro atoms.